The predicted molar refractivity (Wildman–Crippen MR) is 179 cm³/mol. The molecule has 0 unspecified atom stereocenters. The van der Waals surface area contributed by atoms with Crippen molar-refractivity contribution in [3.05, 3.63) is 126 Å². The number of aliphatic hydroxyl groups excluding tert-OH is 1. The number of alkyl carbamates (subject to hydrolysis) is 1. The van der Waals surface area contributed by atoms with Crippen LogP contribution < -0.4 is 10.2 Å². The molecule has 0 spiro atoms. The first-order valence-electron chi connectivity index (χ1n) is 16.0. The Morgan fingerprint density at radius 3 is 2.40 bits per heavy atom. The molecule has 2 aliphatic rings. The zero-order valence-corrected chi connectivity index (χ0v) is 26.4. The second kappa shape index (κ2) is 15.8. The fourth-order valence-electron chi connectivity index (χ4n) is 5.99. The normalized spacial score (nSPS) is 20.0. The van der Waals surface area contributed by atoms with Gasteiger partial charge in [0.15, 0.2) is 6.29 Å². The van der Waals surface area contributed by atoms with Crippen LogP contribution >= 0.6 is 0 Å². The second-order valence-electron chi connectivity index (χ2n) is 11.8. The van der Waals surface area contributed by atoms with Crippen molar-refractivity contribution < 1.29 is 24.1 Å². The van der Waals surface area contributed by atoms with Gasteiger partial charge in [0.1, 0.15) is 6.61 Å². The first-order valence-corrected chi connectivity index (χ1v) is 16.0. The van der Waals surface area contributed by atoms with Crippen molar-refractivity contribution in [2.24, 2.45) is 0 Å². The number of ether oxygens (including phenoxy) is 3. The molecule has 6 rings (SSSR count). The summed E-state index contributed by atoms with van der Waals surface area (Å²) < 4.78 is 18.4. The van der Waals surface area contributed by atoms with Gasteiger partial charge in [0.25, 0.3) is 0 Å². The lowest BCUT2D eigenvalue weighted by atomic mass is 9.98. The molecule has 0 saturated carbocycles. The van der Waals surface area contributed by atoms with Crippen molar-refractivity contribution in [2.75, 3.05) is 44.2 Å². The van der Waals surface area contributed by atoms with E-state index >= 15 is 0 Å². The van der Waals surface area contributed by atoms with Crippen LogP contribution in [-0.4, -0.2) is 71.5 Å². The lowest BCUT2D eigenvalue weighted by molar-refractivity contribution is -0.253. The van der Waals surface area contributed by atoms with E-state index in [1.807, 2.05) is 54.6 Å². The number of aliphatic hydroxyl groups is 1. The molecule has 0 radical (unpaired) electrons. The molecule has 3 atom stereocenters. The molecule has 10 nitrogen and oxygen atoms in total. The van der Waals surface area contributed by atoms with Crippen LogP contribution in [-0.2, 0) is 27.4 Å². The summed E-state index contributed by atoms with van der Waals surface area (Å²) >= 11 is 0. The van der Waals surface area contributed by atoms with Crippen molar-refractivity contribution >= 4 is 12.0 Å². The van der Waals surface area contributed by atoms with E-state index in [4.69, 9.17) is 14.2 Å². The van der Waals surface area contributed by atoms with Gasteiger partial charge < -0.3 is 29.5 Å². The largest absolute Gasteiger partial charge is 0.445 e. The van der Waals surface area contributed by atoms with Crippen molar-refractivity contribution in [3.63, 3.8) is 0 Å². The van der Waals surface area contributed by atoms with E-state index in [-0.39, 0.29) is 25.4 Å². The number of amides is 1. The number of anilines is 1. The third-order valence-corrected chi connectivity index (χ3v) is 8.47. The van der Waals surface area contributed by atoms with Gasteiger partial charge >= 0.3 is 6.09 Å². The molecule has 3 aromatic carbocycles. The summed E-state index contributed by atoms with van der Waals surface area (Å²) in [6.07, 6.45) is 4.58. The fraction of sp³-hybridized carbons (Fsp3) is 0.324. The highest BCUT2D eigenvalue weighted by molar-refractivity contribution is 5.68. The summed E-state index contributed by atoms with van der Waals surface area (Å²) in [6.45, 7) is 8.38. The number of aromatic nitrogens is 2. The molecule has 3 heterocycles. The van der Waals surface area contributed by atoms with Gasteiger partial charge in [0.05, 0.1) is 18.8 Å². The highest BCUT2D eigenvalue weighted by atomic mass is 16.7. The summed E-state index contributed by atoms with van der Waals surface area (Å²) in [5.41, 5.74) is 5.87. The van der Waals surface area contributed by atoms with E-state index in [2.05, 4.69) is 55.9 Å². The Morgan fingerprint density at radius 1 is 0.915 bits per heavy atom. The predicted octanol–water partition coefficient (Wildman–Crippen LogP) is 5.42. The molecule has 244 valence electrons. The third kappa shape index (κ3) is 8.60. The average Bonchev–Trinajstić information content (AvgIpc) is 3.14. The van der Waals surface area contributed by atoms with E-state index in [1.54, 1.807) is 12.4 Å². The molecule has 0 bridgehead atoms. The van der Waals surface area contributed by atoms with E-state index in [0.717, 1.165) is 78.5 Å². The van der Waals surface area contributed by atoms with Crippen LogP contribution in [0, 0.1) is 0 Å². The highest BCUT2D eigenvalue weighted by Gasteiger charge is 2.34. The molecule has 2 fully saturated rings. The first-order chi connectivity index (χ1) is 23.1. The molecule has 2 aliphatic heterocycles. The number of piperazine rings is 1. The standard InChI is InChI=1S/C37H41N5O5/c1-2-20-45-37(44)40-24-28-6-3-7-30(21-28)31-8-4-9-32(22-31)35-46-33(23-34(47-35)29-12-10-27(26-43)11-13-29)25-41-16-18-42(19-17-41)36-38-14-5-15-39-36/h2-15,21-22,33-35,43H,1,16-20,23-26H2,(H,40,44)/t33-,34+,35+/m0/s1. The van der Waals surface area contributed by atoms with Crippen molar-refractivity contribution in [1.29, 1.82) is 0 Å². The molecule has 10 heteroatoms. The van der Waals surface area contributed by atoms with Crippen LogP contribution in [0.1, 0.15) is 41.1 Å². The quantitative estimate of drug-likeness (QED) is 0.209. The number of hydrogen-bond donors (Lipinski definition) is 2. The van der Waals surface area contributed by atoms with Crippen molar-refractivity contribution in [1.82, 2.24) is 20.2 Å². The highest BCUT2D eigenvalue weighted by Crippen LogP contribution is 2.39. The monoisotopic (exact) mass is 635 g/mol. The molecular weight excluding hydrogens is 594 g/mol. The molecule has 47 heavy (non-hydrogen) atoms. The molecule has 2 saturated heterocycles. The van der Waals surface area contributed by atoms with Gasteiger partial charge in [-0.2, -0.15) is 0 Å². The minimum Gasteiger partial charge on any atom is -0.445 e. The van der Waals surface area contributed by atoms with Crippen molar-refractivity contribution in [3.8, 4) is 11.1 Å². The van der Waals surface area contributed by atoms with Crippen LogP contribution in [0.25, 0.3) is 11.1 Å². The van der Waals surface area contributed by atoms with Crippen LogP contribution in [0.2, 0.25) is 0 Å². The summed E-state index contributed by atoms with van der Waals surface area (Å²) in [6, 6.07) is 26.1. The molecule has 4 aromatic rings. The fourth-order valence-corrected chi connectivity index (χ4v) is 5.99. The van der Waals surface area contributed by atoms with E-state index in [1.165, 1.54) is 6.08 Å². The van der Waals surface area contributed by atoms with Crippen LogP contribution in [0.3, 0.4) is 0 Å². The van der Waals surface area contributed by atoms with Gasteiger partial charge in [-0.15, -0.1) is 0 Å². The maximum absolute atomic E-state index is 11.9. The number of benzene rings is 3. The summed E-state index contributed by atoms with van der Waals surface area (Å²) in [5, 5.41) is 12.3. The molecule has 1 aromatic heterocycles. The third-order valence-electron chi connectivity index (χ3n) is 8.47. The average molecular weight is 636 g/mol. The molecular formula is C37H41N5O5. The van der Waals surface area contributed by atoms with Crippen LogP contribution in [0.4, 0.5) is 10.7 Å². The SMILES string of the molecule is C=CCOC(=O)NCc1cccc(-c2cccc([C@@H]3O[C@H](CN4CCN(c5ncccn5)CC4)C[C@H](c4ccc(CO)cc4)O3)c2)c1. The lowest BCUT2D eigenvalue weighted by Gasteiger charge is -2.40. The van der Waals surface area contributed by atoms with E-state index in [9.17, 15) is 9.90 Å². The first kappa shape index (κ1) is 32.3. The Balaban J connectivity index is 1.17. The van der Waals surface area contributed by atoms with Gasteiger partial charge in [-0.1, -0.05) is 73.3 Å². The summed E-state index contributed by atoms with van der Waals surface area (Å²) in [4.78, 5) is 25.4. The Labute approximate surface area is 275 Å². The number of rotatable bonds is 11. The smallest absolute Gasteiger partial charge is 0.407 e. The number of carbonyl (C=O) groups is 1. The maximum Gasteiger partial charge on any atom is 0.407 e. The van der Waals surface area contributed by atoms with Gasteiger partial charge in [-0.25, -0.2) is 14.8 Å². The summed E-state index contributed by atoms with van der Waals surface area (Å²) in [5.74, 6) is 0.772. The topological polar surface area (TPSA) is 109 Å². The van der Waals surface area contributed by atoms with E-state index in [0.29, 0.717) is 6.54 Å². The number of hydrogen-bond acceptors (Lipinski definition) is 9. The van der Waals surface area contributed by atoms with Crippen LogP contribution in [0.15, 0.2) is 104 Å². The van der Waals surface area contributed by atoms with Gasteiger partial charge in [-0.3, -0.25) is 4.90 Å². The summed E-state index contributed by atoms with van der Waals surface area (Å²) in [7, 11) is 0. The van der Waals surface area contributed by atoms with E-state index < -0.39 is 12.4 Å². The minimum absolute atomic E-state index is 0.00359. The Hall–Kier alpha value is -4.61. The molecule has 2 N–H and O–H groups in total. The molecule has 0 aliphatic carbocycles. The van der Waals surface area contributed by atoms with Crippen LogP contribution in [0.5, 0.6) is 0 Å². The Kier molecular flexibility index (Phi) is 10.9. The molecule has 1 amide bonds. The zero-order chi connectivity index (χ0) is 32.4. The minimum atomic E-state index is -0.556. The van der Waals surface area contributed by atoms with Gasteiger partial charge in [0, 0.05) is 63.6 Å². The zero-order valence-electron chi connectivity index (χ0n) is 26.4. The second-order valence-corrected chi connectivity index (χ2v) is 11.8. The number of nitrogens with one attached hydrogen (secondary N) is 1. The van der Waals surface area contributed by atoms with Crippen molar-refractivity contribution in [2.45, 2.75) is 38.1 Å². The number of nitrogens with zero attached hydrogens (tertiary/aromatic N) is 4. The lowest BCUT2D eigenvalue weighted by Crippen LogP contribution is -2.50. The number of carbonyl (C=O) groups excluding carboxylic acids is 1. The van der Waals surface area contributed by atoms with Gasteiger partial charge in [0.2, 0.25) is 5.95 Å². The maximum atomic E-state index is 11.9. The Morgan fingerprint density at radius 2 is 1.66 bits per heavy atom. The Bertz CT molecular complexity index is 1610. The van der Waals surface area contributed by atoms with Gasteiger partial charge in [-0.05, 0) is 46.0 Å².